The van der Waals surface area contributed by atoms with Gasteiger partial charge in [0.25, 0.3) is 0 Å². The molecule has 20 heavy (non-hydrogen) atoms. The Labute approximate surface area is 117 Å². The van der Waals surface area contributed by atoms with Gasteiger partial charge in [0, 0.05) is 25.9 Å². The highest BCUT2D eigenvalue weighted by Gasteiger charge is 2.21. The van der Waals surface area contributed by atoms with Crippen LogP contribution < -0.4 is 5.73 Å². The summed E-state index contributed by atoms with van der Waals surface area (Å²) in [6.07, 6.45) is 4.26. The lowest BCUT2D eigenvalue weighted by molar-refractivity contribution is 0.0521. The van der Waals surface area contributed by atoms with Gasteiger partial charge in [-0.25, -0.2) is 14.8 Å². The third-order valence-electron chi connectivity index (χ3n) is 3.09. The summed E-state index contributed by atoms with van der Waals surface area (Å²) in [5.41, 5.74) is 6.22. The molecule has 0 unspecified atom stereocenters. The van der Waals surface area contributed by atoms with E-state index in [1.54, 1.807) is 17.7 Å². The third kappa shape index (κ3) is 2.52. The highest BCUT2D eigenvalue weighted by Crippen LogP contribution is 2.18. The number of hydrogen-bond acceptors (Lipinski definition) is 5. The van der Waals surface area contributed by atoms with Gasteiger partial charge in [0.05, 0.1) is 13.2 Å². The number of nitrogen functional groups attached to an aromatic ring is 1. The maximum Gasteiger partial charge on any atom is 0.360 e. The molecule has 7 nitrogen and oxygen atoms in total. The van der Waals surface area contributed by atoms with Crippen LogP contribution in [0.4, 0.5) is 5.82 Å². The van der Waals surface area contributed by atoms with Crippen molar-refractivity contribution in [1.82, 2.24) is 19.1 Å². The van der Waals surface area contributed by atoms with Crippen LogP contribution in [0, 0.1) is 0 Å². The van der Waals surface area contributed by atoms with Gasteiger partial charge in [-0.15, -0.1) is 0 Å². The van der Waals surface area contributed by atoms with Crippen molar-refractivity contribution in [2.45, 2.75) is 26.8 Å². The number of esters is 1. The molecule has 0 saturated carbocycles. The minimum absolute atomic E-state index is 0.179. The fourth-order valence-electron chi connectivity index (χ4n) is 2.00. The lowest BCUT2D eigenvalue weighted by Crippen LogP contribution is -2.13. The van der Waals surface area contributed by atoms with E-state index >= 15 is 0 Å². The molecule has 0 radical (unpaired) electrons. The molecule has 0 fully saturated rings. The van der Waals surface area contributed by atoms with E-state index < -0.39 is 5.97 Å². The number of imidazole rings is 2. The van der Waals surface area contributed by atoms with Crippen LogP contribution >= 0.6 is 0 Å². The van der Waals surface area contributed by atoms with Crippen LogP contribution in [0.2, 0.25) is 0 Å². The molecular formula is C13H19N5O2. The van der Waals surface area contributed by atoms with Crippen molar-refractivity contribution in [3.8, 4) is 0 Å². The third-order valence-corrected chi connectivity index (χ3v) is 3.09. The number of hydrogen-bond donors (Lipinski definition) is 1. The van der Waals surface area contributed by atoms with Gasteiger partial charge < -0.3 is 19.6 Å². The summed E-state index contributed by atoms with van der Waals surface area (Å²) < 4.78 is 8.67. The lowest BCUT2D eigenvalue weighted by Gasteiger charge is -2.08. The van der Waals surface area contributed by atoms with E-state index in [4.69, 9.17) is 10.5 Å². The number of rotatable bonds is 5. The largest absolute Gasteiger partial charge is 0.461 e. The van der Waals surface area contributed by atoms with Crippen molar-refractivity contribution in [2.24, 2.45) is 7.05 Å². The Kier molecular flexibility index (Phi) is 4.07. The van der Waals surface area contributed by atoms with E-state index in [1.165, 1.54) is 0 Å². The highest BCUT2D eigenvalue weighted by molar-refractivity contribution is 5.92. The van der Waals surface area contributed by atoms with Crippen molar-refractivity contribution in [3.05, 3.63) is 29.7 Å². The summed E-state index contributed by atoms with van der Waals surface area (Å²) in [6.45, 7) is 4.49. The van der Waals surface area contributed by atoms with E-state index in [0.29, 0.717) is 25.4 Å². The van der Waals surface area contributed by atoms with Gasteiger partial charge in [-0.2, -0.15) is 0 Å². The quantitative estimate of drug-likeness (QED) is 0.823. The Morgan fingerprint density at radius 3 is 2.70 bits per heavy atom. The average Bonchev–Trinajstić information content (AvgIpc) is 2.96. The Bertz CT molecular complexity index is 614. The van der Waals surface area contributed by atoms with Crippen molar-refractivity contribution < 1.29 is 9.53 Å². The standard InChI is InChI=1S/C13H19N5O2/c1-4-9-16-11(13(19)20-5-2)12(14)18(9)8-10-15-6-7-17(10)3/h6-7H,4-5,8,14H2,1-3H3. The second kappa shape index (κ2) is 5.77. The summed E-state index contributed by atoms with van der Waals surface area (Å²) >= 11 is 0. The molecule has 108 valence electrons. The summed E-state index contributed by atoms with van der Waals surface area (Å²) in [5, 5.41) is 0. The van der Waals surface area contributed by atoms with Gasteiger partial charge in [-0.05, 0) is 6.92 Å². The topological polar surface area (TPSA) is 88.0 Å². The number of aryl methyl sites for hydroxylation is 2. The number of aromatic nitrogens is 4. The van der Waals surface area contributed by atoms with Gasteiger partial charge in [-0.3, -0.25) is 0 Å². The Morgan fingerprint density at radius 1 is 1.40 bits per heavy atom. The SMILES string of the molecule is CCOC(=O)c1nc(CC)n(Cc2nccn2C)c1N. The molecule has 2 aromatic heterocycles. The minimum atomic E-state index is -0.488. The van der Waals surface area contributed by atoms with Gasteiger partial charge >= 0.3 is 5.97 Å². The molecule has 0 aliphatic carbocycles. The van der Waals surface area contributed by atoms with Crippen LogP contribution in [0.3, 0.4) is 0 Å². The first-order valence-corrected chi connectivity index (χ1v) is 6.56. The molecule has 0 bridgehead atoms. The van der Waals surface area contributed by atoms with Gasteiger partial charge in [0.1, 0.15) is 17.5 Å². The zero-order chi connectivity index (χ0) is 14.7. The Hall–Kier alpha value is -2.31. The van der Waals surface area contributed by atoms with Crippen molar-refractivity contribution >= 4 is 11.8 Å². The fourth-order valence-corrected chi connectivity index (χ4v) is 2.00. The fraction of sp³-hybridized carbons (Fsp3) is 0.462. The molecule has 2 rings (SSSR count). The number of nitrogens with zero attached hydrogens (tertiary/aromatic N) is 4. The van der Waals surface area contributed by atoms with Gasteiger partial charge in [0.15, 0.2) is 5.69 Å². The predicted molar refractivity (Wildman–Crippen MR) is 74.3 cm³/mol. The van der Waals surface area contributed by atoms with Crippen LogP contribution in [-0.2, 0) is 24.8 Å². The van der Waals surface area contributed by atoms with E-state index in [9.17, 15) is 4.79 Å². The molecule has 2 heterocycles. The zero-order valence-corrected chi connectivity index (χ0v) is 12.0. The van der Waals surface area contributed by atoms with Crippen molar-refractivity contribution in [2.75, 3.05) is 12.3 Å². The molecule has 0 saturated heterocycles. The molecule has 0 spiro atoms. The Balaban J connectivity index is 2.37. The van der Waals surface area contributed by atoms with Crippen molar-refractivity contribution in [3.63, 3.8) is 0 Å². The molecular weight excluding hydrogens is 258 g/mol. The van der Waals surface area contributed by atoms with E-state index in [0.717, 1.165) is 11.6 Å². The van der Waals surface area contributed by atoms with Crippen LogP contribution in [-0.4, -0.2) is 31.7 Å². The summed E-state index contributed by atoms with van der Waals surface area (Å²) in [6, 6.07) is 0. The van der Waals surface area contributed by atoms with E-state index in [1.807, 2.05) is 24.7 Å². The molecule has 0 aromatic carbocycles. The van der Waals surface area contributed by atoms with Gasteiger partial charge in [-0.1, -0.05) is 6.92 Å². The molecule has 0 amide bonds. The smallest absolute Gasteiger partial charge is 0.360 e. The van der Waals surface area contributed by atoms with Crippen LogP contribution in [0.15, 0.2) is 12.4 Å². The molecule has 0 aliphatic heterocycles. The molecule has 2 N–H and O–H groups in total. The number of nitrogens with two attached hydrogens (primary N) is 1. The number of carbonyl (C=O) groups is 1. The minimum Gasteiger partial charge on any atom is -0.461 e. The monoisotopic (exact) mass is 277 g/mol. The number of anilines is 1. The maximum absolute atomic E-state index is 11.8. The zero-order valence-electron chi connectivity index (χ0n) is 12.0. The molecule has 0 atom stereocenters. The molecule has 2 aromatic rings. The average molecular weight is 277 g/mol. The van der Waals surface area contributed by atoms with E-state index in [-0.39, 0.29) is 5.69 Å². The first kappa shape index (κ1) is 14.1. The maximum atomic E-state index is 11.8. The van der Waals surface area contributed by atoms with Crippen molar-refractivity contribution in [1.29, 1.82) is 0 Å². The first-order chi connectivity index (χ1) is 9.58. The summed E-state index contributed by atoms with van der Waals surface area (Å²) in [7, 11) is 1.91. The van der Waals surface area contributed by atoms with Crippen LogP contribution in [0.5, 0.6) is 0 Å². The van der Waals surface area contributed by atoms with Crippen LogP contribution in [0.25, 0.3) is 0 Å². The predicted octanol–water partition coefficient (Wildman–Crippen LogP) is 0.986. The molecule has 7 heteroatoms. The number of carbonyl (C=O) groups excluding carboxylic acids is 1. The highest BCUT2D eigenvalue weighted by atomic mass is 16.5. The lowest BCUT2D eigenvalue weighted by atomic mass is 10.4. The normalized spacial score (nSPS) is 10.8. The summed E-state index contributed by atoms with van der Waals surface area (Å²) in [4.78, 5) is 20.4. The summed E-state index contributed by atoms with van der Waals surface area (Å²) in [5.74, 6) is 1.43. The van der Waals surface area contributed by atoms with Crippen LogP contribution in [0.1, 0.15) is 36.0 Å². The second-order valence-electron chi connectivity index (χ2n) is 4.38. The van der Waals surface area contributed by atoms with Gasteiger partial charge in [0.2, 0.25) is 0 Å². The molecule has 0 aliphatic rings. The second-order valence-corrected chi connectivity index (χ2v) is 4.38. The van der Waals surface area contributed by atoms with E-state index in [2.05, 4.69) is 9.97 Å². The first-order valence-electron chi connectivity index (χ1n) is 6.56. The Morgan fingerprint density at radius 2 is 2.15 bits per heavy atom. The number of ether oxygens (including phenoxy) is 1.